The zero-order valence-corrected chi connectivity index (χ0v) is 11.2. The van der Waals surface area contributed by atoms with Crippen LogP contribution in [0.25, 0.3) is 0 Å². The molecule has 0 bridgehead atoms. The van der Waals surface area contributed by atoms with Crippen LogP contribution >= 0.6 is 0 Å². The van der Waals surface area contributed by atoms with E-state index in [0.29, 0.717) is 0 Å². The summed E-state index contributed by atoms with van der Waals surface area (Å²) in [5.74, 6) is -0.310. The van der Waals surface area contributed by atoms with Gasteiger partial charge in [-0.15, -0.1) is 0 Å². The number of alkyl halides is 3. The van der Waals surface area contributed by atoms with E-state index in [0.717, 1.165) is 19.3 Å². The van der Waals surface area contributed by atoms with Crippen molar-refractivity contribution in [1.82, 2.24) is 0 Å². The van der Waals surface area contributed by atoms with Crippen LogP contribution in [0.1, 0.15) is 5.56 Å². The lowest BCUT2D eigenvalue weighted by molar-refractivity contribution is -0.597. The summed E-state index contributed by atoms with van der Waals surface area (Å²) in [6.45, 7) is 0. The van der Waals surface area contributed by atoms with Crippen LogP contribution in [0.2, 0.25) is 0 Å². The molecule has 94 valence electrons. The predicted octanol–water partition coefficient (Wildman–Crippen LogP) is 0.973. The van der Waals surface area contributed by atoms with Crippen molar-refractivity contribution in [3.63, 3.8) is 0 Å². The number of hydrogen-bond donors (Lipinski definition) is 0. The van der Waals surface area contributed by atoms with Crippen LogP contribution in [0.5, 0.6) is 0 Å². The molecule has 2 aromatic carbocycles. The van der Waals surface area contributed by atoms with E-state index < -0.39 is 32.9 Å². The van der Waals surface area contributed by atoms with Crippen LogP contribution in [0.3, 0.4) is 0 Å². The Balaban J connectivity index is 2.13. The number of halogens is 5. The summed E-state index contributed by atoms with van der Waals surface area (Å²) in [6, 6.07) is 11.2. The molecular weight excluding hydrogens is 359 g/mol. The molecule has 0 aliphatic carbocycles. The minimum atomic E-state index is -4.30. The second-order valence-electron chi connectivity index (χ2n) is 3.54. The molecule has 0 aromatic heterocycles. The van der Waals surface area contributed by atoms with Gasteiger partial charge in [-0.2, -0.15) is 13.2 Å². The minimum Gasteiger partial charge on any atom is -0.207 e. The van der Waals surface area contributed by atoms with Crippen LogP contribution in [0, 0.1) is 13.0 Å². The van der Waals surface area contributed by atoms with E-state index >= 15 is 0 Å². The first-order valence-electron chi connectivity index (χ1n) is 5.03. The summed E-state index contributed by atoms with van der Waals surface area (Å²) >= 11 is -0.568. The molecule has 0 N–H and O–H groups in total. The first kappa shape index (κ1) is 13.3. The molecule has 0 aliphatic heterocycles. The van der Waals surface area contributed by atoms with Crippen molar-refractivity contribution in [1.29, 1.82) is 0 Å². The van der Waals surface area contributed by atoms with Crippen molar-refractivity contribution >= 4 is 0 Å². The third-order valence-electron chi connectivity index (χ3n) is 2.19. The molecule has 0 nitrogen and oxygen atoms in total. The molecule has 0 unspecified atom stereocenters. The Labute approximate surface area is 112 Å². The normalized spacial score (nSPS) is 11.6. The molecule has 5 heteroatoms. The first-order chi connectivity index (χ1) is 8.45. The lowest BCUT2D eigenvalue weighted by Crippen LogP contribution is -3.61. The maximum Gasteiger partial charge on any atom is 0.416 e. The van der Waals surface area contributed by atoms with E-state index in [1.807, 2.05) is 0 Å². The van der Waals surface area contributed by atoms with Gasteiger partial charge in [0, 0.05) is 0 Å². The quantitative estimate of drug-likeness (QED) is 0.549. The standard InChI is InChI=1S/C13H8F4I/c14-10-3-7-12(8-4-10)18-11-5-1-9(2-6-11)13(15,16)17/h1-8H/q+1. The van der Waals surface area contributed by atoms with E-state index in [2.05, 4.69) is 0 Å². The van der Waals surface area contributed by atoms with Crippen molar-refractivity contribution in [2.75, 3.05) is 0 Å². The van der Waals surface area contributed by atoms with Crippen molar-refractivity contribution in [2.45, 2.75) is 6.18 Å². The lowest BCUT2D eigenvalue weighted by atomic mass is 10.2. The van der Waals surface area contributed by atoms with Crippen LogP contribution in [-0.2, 0) is 6.18 Å². The average Bonchev–Trinajstić information content (AvgIpc) is 2.32. The Bertz CT molecular complexity index is 514. The molecule has 2 rings (SSSR count). The summed E-state index contributed by atoms with van der Waals surface area (Å²) < 4.78 is 51.6. The van der Waals surface area contributed by atoms with Crippen molar-refractivity contribution in [3.8, 4) is 0 Å². The fourth-order valence-corrected chi connectivity index (χ4v) is 3.48. The van der Waals surface area contributed by atoms with Crippen LogP contribution in [0.4, 0.5) is 17.6 Å². The maximum absolute atomic E-state index is 12.7. The SMILES string of the molecule is Fc1ccc([I+]c2ccc(C(F)(F)F)cc2)cc1. The molecule has 0 saturated carbocycles. The topological polar surface area (TPSA) is 0 Å². The zero-order chi connectivity index (χ0) is 13.2. The smallest absolute Gasteiger partial charge is 0.207 e. The van der Waals surface area contributed by atoms with Gasteiger partial charge < -0.3 is 0 Å². The number of rotatable bonds is 2. The summed E-state index contributed by atoms with van der Waals surface area (Å²) in [7, 11) is 0. The van der Waals surface area contributed by atoms with Gasteiger partial charge in [0.1, 0.15) is 5.82 Å². The molecule has 2 aromatic rings. The number of benzene rings is 2. The second kappa shape index (κ2) is 5.26. The van der Waals surface area contributed by atoms with Crippen molar-refractivity contribution in [2.24, 2.45) is 0 Å². The maximum atomic E-state index is 12.7. The lowest BCUT2D eigenvalue weighted by Gasteiger charge is -2.04. The van der Waals surface area contributed by atoms with E-state index in [1.165, 1.54) is 24.3 Å². The molecule has 0 spiro atoms. The molecule has 0 aliphatic rings. The van der Waals surface area contributed by atoms with E-state index in [4.69, 9.17) is 0 Å². The van der Waals surface area contributed by atoms with Gasteiger partial charge in [-0.1, -0.05) is 0 Å². The van der Waals surface area contributed by atoms with Crippen molar-refractivity contribution in [3.05, 3.63) is 67.1 Å². The first-order valence-corrected chi connectivity index (χ1v) is 7.18. The van der Waals surface area contributed by atoms with Gasteiger partial charge in [-0.3, -0.25) is 0 Å². The van der Waals surface area contributed by atoms with Crippen LogP contribution in [0.15, 0.2) is 48.5 Å². The van der Waals surface area contributed by atoms with E-state index in [-0.39, 0.29) is 5.82 Å². The van der Waals surface area contributed by atoms with Crippen molar-refractivity contribution < 1.29 is 38.8 Å². The second-order valence-corrected chi connectivity index (χ2v) is 6.57. The minimum absolute atomic E-state index is 0.310. The number of hydrogen-bond acceptors (Lipinski definition) is 0. The highest BCUT2D eigenvalue weighted by atomic mass is 127. The largest absolute Gasteiger partial charge is 0.416 e. The predicted molar refractivity (Wildman–Crippen MR) is 55.2 cm³/mol. The van der Waals surface area contributed by atoms with Crippen LogP contribution < -0.4 is 21.2 Å². The molecule has 0 fully saturated rings. The Morgan fingerprint density at radius 2 is 1.17 bits per heavy atom. The van der Waals surface area contributed by atoms with Gasteiger partial charge in [-0.05, 0) is 48.5 Å². The Hall–Kier alpha value is -1.11. The molecule has 18 heavy (non-hydrogen) atoms. The summed E-state index contributed by atoms with van der Waals surface area (Å²) in [5, 5.41) is 0. The third-order valence-corrected chi connectivity index (χ3v) is 4.88. The summed E-state index contributed by atoms with van der Waals surface area (Å²) in [5.41, 5.74) is -0.644. The van der Waals surface area contributed by atoms with Gasteiger partial charge in [0.2, 0.25) is 0 Å². The molecular formula is C13H8F4I+. The Kier molecular flexibility index (Phi) is 3.89. The van der Waals surface area contributed by atoms with E-state index in [9.17, 15) is 17.6 Å². The van der Waals surface area contributed by atoms with Gasteiger partial charge in [0.15, 0.2) is 7.14 Å². The van der Waals surface area contributed by atoms with Gasteiger partial charge in [0.05, 0.1) is 5.56 Å². The molecule has 0 radical (unpaired) electrons. The van der Waals surface area contributed by atoms with Gasteiger partial charge >= 0.3 is 27.4 Å². The Morgan fingerprint density at radius 1 is 0.722 bits per heavy atom. The summed E-state index contributed by atoms with van der Waals surface area (Å²) in [4.78, 5) is 0. The third kappa shape index (κ3) is 3.44. The zero-order valence-electron chi connectivity index (χ0n) is 9.01. The fourth-order valence-electron chi connectivity index (χ4n) is 1.32. The van der Waals surface area contributed by atoms with E-state index in [1.54, 1.807) is 12.1 Å². The highest BCUT2D eigenvalue weighted by molar-refractivity contribution is 5.17. The highest BCUT2D eigenvalue weighted by Crippen LogP contribution is 2.28. The molecule has 0 amide bonds. The fraction of sp³-hybridized carbons (Fsp3) is 0.0769. The Morgan fingerprint density at radius 3 is 1.61 bits per heavy atom. The van der Waals surface area contributed by atoms with Gasteiger partial charge in [-0.25, -0.2) is 4.39 Å². The average molecular weight is 367 g/mol. The monoisotopic (exact) mass is 367 g/mol. The van der Waals surface area contributed by atoms with Gasteiger partial charge in [0.25, 0.3) is 0 Å². The molecule has 0 atom stereocenters. The molecule has 0 saturated heterocycles. The summed E-state index contributed by atoms with van der Waals surface area (Å²) in [6.07, 6.45) is -4.30. The highest BCUT2D eigenvalue weighted by Gasteiger charge is 2.30. The molecule has 0 heterocycles. The van der Waals surface area contributed by atoms with Crippen LogP contribution in [-0.4, -0.2) is 0 Å².